The van der Waals surface area contributed by atoms with Gasteiger partial charge in [-0.2, -0.15) is 0 Å². The number of sulfonamides is 1. The van der Waals surface area contributed by atoms with Gasteiger partial charge in [0.05, 0.1) is 4.90 Å². The van der Waals surface area contributed by atoms with Crippen LogP contribution >= 0.6 is 0 Å². The molecule has 222 valence electrons. The van der Waals surface area contributed by atoms with E-state index in [0.717, 1.165) is 31.2 Å². The highest BCUT2D eigenvalue weighted by Crippen LogP contribution is 2.25. The summed E-state index contributed by atoms with van der Waals surface area (Å²) in [7, 11) is -3.76. The van der Waals surface area contributed by atoms with E-state index in [9.17, 15) is 18.0 Å². The molecule has 4 N–H and O–H groups in total. The summed E-state index contributed by atoms with van der Waals surface area (Å²) in [5.41, 5.74) is 1.82. The highest BCUT2D eigenvalue weighted by atomic mass is 32.2. The van der Waals surface area contributed by atoms with Gasteiger partial charge in [0.1, 0.15) is 6.04 Å². The molecular formula is C31H48N4O4S. The van der Waals surface area contributed by atoms with E-state index < -0.39 is 22.1 Å². The Balaban J connectivity index is 1.98. The molecule has 2 rings (SSSR count). The van der Waals surface area contributed by atoms with E-state index in [-0.39, 0.29) is 22.1 Å². The minimum atomic E-state index is -3.76. The molecule has 0 aliphatic carbocycles. The van der Waals surface area contributed by atoms with Crippen molar-refractivity contribution >= 4 is 33.3 Å². The Morgan fingerprint density at radius 1 is 0.900 bits per heavy atom. The predicted octanol–water partition coefficient (Wildman–Crippen LogP) is 6.65. The van der Waals surface area contributed by atoms with Crippen molar-refractivity contribution in [2.24, 2.45) is 11.8 Å². The maximum absolute atomic E-state index is 12.9. The van der Waals surface area contributed by atoms with Crippen LogP contribution in [0.25, 0.3) is 0 Å². The molecule has 2 aromatic rings. The van der Waals surface area contributed by atoms with Crippen LogP contribution < -0.4 is 20.7 Å². The number of anilines is 2. The average Bonchev–Trinajstić information content (AvgIpc) is 2.88. The molecule has 0 saturated heterocycles. The largest absolute Gasteiger partial charge is 0.354 e. The first-order valence-corrected chi connectivity index (χ1v) is 15.8. The molecule has 0 aliphatic rings. The Labute approximate surface area is 241 Å². The number of amides is 3. The summed E-state index contributed by atoms with van der Waals surface area (Å²) in [6, 6.07) is 12.1. The lowest BCUT2D eigenvalue weighted by Gasteiger charge is -2.22. The highest BCUT2D eigenvalue weighted by molar-refractivity contribution is 7.92. The molecule has 40 heavy (non-hydrogen) atoms. The normalized spacial score (nSPS) is 13.4. The topological polar surface area (TPSA) is 116 Å². The molecule has 2 aromatic carbocycles. The van der Waals surface area contributed by atoms with Crippen LogP contribution in [0.3, 0.4) is 0 Å². The number of carbonyl (C=O) groups excluding carboxylic acids is 2. The first kappa shape index (κ1) is 33.1. The van der Waals surface area contributed by atoms with Crippen LogP contribution in [-0.4, -0.2) is 32.9 Å². The number of nitrogens with one attached hydrogen (secondary N) is 4. The third-order valence-corrected chi connectivity index (χ3v) is 8.26. The van der Waals surface area contributed by atoms with Crippen LogP contribution in [0.4, 0.5) is 16.2 Å². The van der Waals surface area contributed by atoms with Crippen molar-refractivity contribution in [2.45, 2.75) is 96.9 Å². The van der Waals surface area contributed by atoms with Crippen molar-refractivity contribution in [1.29, 1.82) is 0 Å². The van der Waals surface area contributed by atoms with Gasteiger partial charge < -0.3 is 16.0 Å². The van der Waals surface area contributed by atoms with Gasteiger partial charge in [-0.15, -0.1) is 0 Å². The Hall–Kier alpha value is -3.07. The van der Waals surface area contributed by atoms with Gasteiger partial charge in [0, 0.05) is 17.9 Å². The van der Waals surface area contributed by atoms with Crippen molar-refractivity contribution in [3.8, 4) is 0 Å². The maximum Gasteiger partial charge on any atom is 0.319 e. The maximum atomic E-state index is 12.9. The summed E-state index contributed by atoms with van der Waals surface area (Å²) in [5.74, 6) is 0.463. The number of benzene rings is 2. The second-order valence-electron chi connectivity index (χ2n) is 11.9. The van der Waals surface area contributed by atoms with Crippen molar-refractivity contribution in [1.82, 2.24) is 10.6 Å². The molecule has 8 nitrogen and oxygen atoms in total. The molecule has 0 spiro atoms. The average molecular weight is 573 g/mol. The molecule has 9 heteroatoms. The van der Waals surface area contributed by atoms with Gasteiger partial charge >= 0.3 is 6.03 Å². The minimum absolute atomic E-state index is 0.0736. The van der Waals surface area contributed by atoms with Crippen molar-refractivity contribution < 1.29 is 18.0 Å². The molecule has 0 saturated carbocycles. The quantitative estimate of drug-likeness (QED) is 0.203. The number of hydrogen-bond acceptors (Lipinski definition) is 4. The van der Waals surface area contributed by atoms with Crippen LogP contribution in [0, 0.1) is 11.8 Å². The van der Waals surface area contributed by atoms with Gasteiger partial charge in [0.25, 0.3) is 10.0 Å². The zero-order valence-corrected chi connectivity index (χ0v) is 26.0. The summed E-state index contributed by atoms with van der Waals surface area (Å²) >= 11 is 0. The fraction of sp³-hybridized carbons (Fsp3) is 0.548. The molecule has 0 aliphatic heterocycles. The Bertz CT molecular complexity index is 1190. The second-order valence-corrected chi connectivity index (χ2v) is 13.6. The van der Waals surface area contributed by atoms with Crippen LogP contribution in [0.2, 0.25) is 0 Å². The van der Waals surface area contributed by atoms with Gasteiger partial charge in [-0.1, -0.05) is 79.9 Å². The third-order valence-electron chi connectivity index (χ3n) is 6.86. The molecular weight excluding hydrogens is 524 g/mol. The summed E-state index contributed by atoms with van der Waals surface area (Å²) in [6.45, 7) is 15.1. The van der Waals surface area contributed by atoms with E-state index in [1.807, 2.05) is 26.0 Å². The van der Waals surface area contributed by atoms with E-state index in [1.165, 1.54) is 0 Å². The van der Waals surface area contributed by atoms with Crippen LogP contribution in [0.1, 0.15) is 86.1 Å². The van der Waals surface area contributed by atoms with E-state index >= 15 is 0 Å². The van der Waals surface area contributed by atoms with Crippen LogP contribution in [0.5, 0.6) is 0 Å². The molecule has 0 radical (unpaired) electrons. The summed E-state index contributed by atoms with van der Waals surface area (Å²) in [6.07, 6.45) is 4.85. The number of hydrogen-bond donors (Lipinski definition) is 4. The van der Waals surface area contributed by atoms with E-state index in [0.29, 0.717) is 30.3 Å². The third kappa shape index (κ3) is 10.8. The van der Waals surface area contributed by atoms with E-state index in [2.05, 4.69) is 55.3 Å². The minimum Gasteiger partial charge on any atom is -0.354 e. The monoisotopic (exact) mass is 572 g/mol. The lowest BCUT2D eigenvalue weighted by atomic mass is 9.87. The lowest BCUT2D eigenvalue weighted by Crippen LogP contribution is -2.49. The van der Waals surface area contributed by atoms with Gasteiger partial charge in [-0.25, -0.2) is 13.2 Å². The Morgan fingerprint density at radius 2 is 1.50 bits per heavy atom. The lowest BCUT2D eigenvalue weighted by molar-refractivity contribution is -0.123. The van der Waals surface area contributed by atoms with Gasteiger partial charge in [0.2, 0.25) is 5.91 Å². The molecule has 0 fully saturated rings. The van der Waals surface area contributed by atoms with Crippen LogP contribution in [0.15, 0.2) is 53.4 Å². The van der Waals surface area contributed by atoms with Gasteiger partial charge in [0.15, 0.2) is 0 Å². The van der Waals surface area contributed by atoms with Gasteiger partial charge in [-0.05, 0) is 72.1 Å². The number of unbranched alkanes of at least 4 members (excludes halogenated alkanes) is 1. The Kier molecular flexibility index (Phi) is 12.5. The van der Waals surface area contributed by atoms with Gasteiger partial charge in [-0.3, -0.25) is 9.52 Å². The molecule has 0 aromatic heterocycles. The molecule has 0 heterocycles. The second kappa shape index (κ2) is 15.1. The highest BCUT2D eigenvalue weighted by Gasteiger charge is 2.23. The van der Waals surface area contributed by atoms with E-state index in [4.69, 9.17) is 0 Å². The molecule has 0 bridgehead atoms. The van der Waals surface area contributed by atoms with Crippen LogP contribution in [-0.2, 0) is 20.2 Å². The first-order chi connectivity index (χ1) is 18.7. The number of urea groups is 1. The zero-order valence-electron chi connectivity index (χ0n) is 25.1. The zero-order chi connectivity index (χ0) is 29.9. The summed E-state index contributed by atoms with van der Waals surface area (Å²) in [4.78, 5) is 25.8. The Morgan fingerprint density at radius 3 is 2.02 bits per heavy atom. The fourth-order valence-electron chi connectivity index (χ4n) is 4.31. The van der Waals surface area contributed by atoms with Crippen molar-refractivity contribution in [3.63, 3.8) is 0 Å². The SMILES string of the molecule is CCCCC(CC)CNC(=O)[C@@H](CC(C)C)NC(=O)Nc1ccc(NS(=O)(=O)c2ccc(C(C)(C)C)cc2)cc1. The number of carbonyl (C=O) groups is 2. The fourth-order valence-corrected chi connectivity index (χ4v) is 5.37. The molecule has 3 amide bonds. The van der Waals surface area contributed by atoms with Crippen molar-refractivity contribution in [2.75, 3.05) is 16.6 Å². The summed E-state index contributed by atoms with van der Waals surface area (Å²) < 4.78 is 28.2. The number of rotatable bonds is 14. The summed E-state index contributed by atoms with van der Waals surface area (Å²) in [5, 5.41) is 8.56. The predicted molar refractivity (Wildman–Crippen MR) is 164 cm³/mol. The molecule has 1 unspecified atom stereocenters. The van der Waals surface area contributed by atoms with E-state index in [1.54, 1.807) is 36.4 Å². The first-order valence-electron chi connectivity index (χ1n) is 14.3. The smallest absolute Gasteiger partial charge is 0.319 e. The van der Waals surface area contributed by atoms with Crippen molar-refractivity contribution in [3.05, 3.63) is 54.1 Å². The standard InChI is InChI=1S/C31H48N4O4S/c1-8-10-11-23(9-2)21-32-29(36)28(20-22(3)4)34-30(37)33-25-14-16-26(17-15-25)35-40(38,39)27-18-12-24(13-19-27)31(5,6)7/h12-19,22-23,28,35H,8-11,20-21H2,1-7H3,(H,32,36)(H2,33,34,37)/t23?,28-/m1/s1. The molecule has 2 atom stereocenters.